The number of rotatable bonds is 11. The van der Waals surface area contributed by atoms with Crippen LogP contribution in [0, 0.1) is 41.9 Å². The molecule has 5 aromatic rings. The van der Waals surface area contributed by atoms with E-state index in [0.29, 0.717) is 42.0 Å². The molecule has 342 valence electrons. The molecule has 4 unspecified atom stereocenters. The molecule has 6 heterocycles. The van der Waals surface area contributed by atoms with Crippen molar-refractivity contribution < 1.29 is 0 Å². The standard InChI is InChI=1S/C47H55N15O4/c1-8-10-23-57-38-40(54(6)47(66)60(43(38)64)29-37-51-31(4)35-20-14-15-21-36(35)52-37)61(44(57)53(5)26-30(3)49)62-41-39(58(24-11-9-2)45(62)56-22-16-19-34(50)28-56)42(63)59(46(65)55(41)7)27-33-18-13-12-17-32(33)25-48/h12-15,17-18,20-21,30,34,44-45H,16,19,22-24,26-29,49-50H2,1-7H3. The number of fused-ring (bicyclic) bond motifs is 3. The van der Waals surface area contributed by atoms with Gasteiger partial charge in [0, 0.05) is 56.9 Å². The third-order valence-electron chi connectivity index (χ3n) is 12.5. The minimum atomic E-state index is -0.897. The molecular formula is C47H55N15O4. The Bertz CT molecular complexity index is 3140. The third-order valence-corrected chi connectivity index (χ3v) is 12.5. The Morgan fingerprint density at radius 1 is 0.848 bits per heavy atom. The lowest BCUT2D eigenvalue weighted by Crippen LogP contribution is -2.69. The zero-order valence-corrected chi connectivity index (χ0v) is 38.4. The number of hydrogen-bond acceptors (Lipinski definition) is 15. The van der Waals surface area contributed by atoms with Gasteiger partial charge in [0.25, 0.3) is 11.1 Å². The van der Waals surface area contributed by atoms with Crippen LogP contribution in [0.25, 0.3) is 10.9 Å². The number of nitrogens with two attached hydrogens (primary N) is 2. The van der Waals surface area contributed by atoms with Gasteiger partial charge in [-0.1, -0.05) is 48.2 Å². The van der Waals surface area contributed by atoms with Crippen molar-refractivity contribution in [1.82, 2.24) is 38.0 Å². The quantitative estimate of drug-likeness (QED) is 0.176. The molecule has 0 radical (unpaired) electrons. The van der Waals surface area contributed by atoms with Crippen LogP contribution in [0.1, 0.15) is 56.3 Å². The summed E-state index contributed by atoms with van der Waals surface area (Å²) < 4.78 is 5.10. The average Bonchev–Trinajstić information content (AvgIpc) is 3.82. The van der Waals surface area contributed by atoms with E-state index in [0.717, 1.165) is 27.4 Å². The molecule has 1 fully saturated rings. The predicted octanol–water partition coefficient (Wildman–Crippen LogP) is 0.811. The summed E-state index contributed by atoms with van der Waals surface area (Å²) in [7, 11) is 5.06. The largest absolute Gasteiger partial charge is 0.332 e. The molecule has 0 aliphatic carbocycles. The van der Waals surface area contributed by atoms with Crippen molar-refractivity contribution in [2.75, 3.05) is 59.6 Å². The average molecular weight is 894 g/mol. The van der Waals surface area contributed by atoms with Crippen LogP contribution in [0.3, 0.4) is 0 Å². The number of aryl methyl sites for hydroxylation is 1. The van der Waals surface area contributed by atoms with E-state index in [4.69, 9.17) is 21.4 Å². The van der Waals surface area contributed by atoms with Gasteiger partial charge in [-0.25, -0.2) is 29.6 Å². The summed E-state index contributed by atoms with van der Waals surface area (Å²) >= 11 is 0. The SMILES string of the molecule is CC#CCN1c2c(n(C)c(=O)n(Cc3nc(C)c4ccccc4n3)c2=O)N(N2c3c(c(=O)n(Cc4ccccc4C#N)c(=O)n3C)N(CC#CC)C2N2CCCC(N)C2)C1N(C)CC(C)N. The molecule has 2 aromatic carbocycles. The predicted molar refractivity (Wildman–Crippen MR) is 255 cm³/mol. The molecule has 3 aliphatic rings. The van der Waals surface area contributed by atoms with Gasteiger partial charge in [0.05, 0.1) is 43.3 Å². The summed E-state index contributed by atoms with van der Waals surface area (Å²) in [4.78, 5) is 77.7. The monoisotopic (exact) mass is 893 g/mol. The highest BCUT2D eigenvalue weighted by molar-refractivity contribution is 5.83. The lowest BCUT2D eigenvalue weighted by atomic mass is 10.1. The molecule has 3 aromatic heterocycles. The maximum absolute atomic E-state index is 15.4. The van der Waals surface area contributed by atoms with Crippen LogP contribution >= 0.6 is 0 Å². The minimum Gasteiger partial charge on any atom is -0.327 e. The van der Waals surface area contributed by atoms with Gasteiger partial charge in [-0.05, 0) is 65.3 Å². The molecule has 0 saturated carbocycles. The molecule has 1 saturated heterocycles. The number of para-hydroxylation sites is 1. The van der Waals surface area contributed by atoms with Crippen molar-refractivity contribution in [3.8, 4) is 29.8 Å². The Balaban J connectivity index is 1.43. The van der Waals surface area contributed by atoms with Crippen molar-refractivity contribution in [3.63, 3.8) is 0 Å². The molecule has 4 N–H and O–H groups in total. The Morgan fingerprint density at radius 3 is 2.11 bits per heavy atom. The highest BCUT2D eigenvalue weighted by Gasteiger charge is 2.54. The first-order valence-electron chi connectivity index (χ1n) is 22.0. The molecule has 3 aliphatic heterocycles. The first-order valence-corrected chi connectivity index (χ1v) is 22.0. The summed E-state index contributed by atoms with van der Waals surface area (Å²) in [6.07, 6.45) is -0.230. The fourth-order valence-electron chi connectivity index (χ4n) is 9.60. The molecular weight excluding hydrogens is 839 g/mol. The number of nitrogens with zero attached hydrogens (tertiary/aromatic N) is 13. The van der Waals surface area contributed by atoms with E-state index >= 15 is 9.59 Å². The number of piperidine rings is 1. The topological polar surface area (TPSA) is 209 Å². The van der Waals surface area contributed by atoms with Gasteiger partial charge in [0.15, 0.2) is 35.6 Å². The lowest BCUT2D eigenvalue weighted by molar-refractivity contribution is 0.133. The van der Waals surface area contributed by atoms with Gasteiger partial charge < -0.3 is 21.3 Å². The van der Waals surface area contributed by atoms with Crippen molar-refractivity contribution in [2.45, 2.75) is 78.3 Å². The summed E-state index contributed by atoms with van der Waals surface area (Å²) in [6, 6.07) is 16.0. The lowest BCUT2D eigenvalue weighted by Gasteiger charge is -2.49. The van der Waals surface area contributed by atoms with Crippen LogP contribution in [0.15, 0.2) is 67.7 Å². The van der Waals surface area contributed by atoms with Gasteiger partial charge in [0.1, 0.15) is 5.82 Å². The van der Waals surface area contributed by atoms with E-state index in [2.05, 4.69) is 34.7 Å². The summed E-state index contributed by atoms with van der Waals surface area (Å²) in [5.74, 6) is 13.0. The fourth-order valence-corrected chi connectivity index (χ4v) is 9.60. The summed E-state index contributed by atoms with van der Waals surface area (Å²) in [6.45, 7) is 8.20. The van der Waals surface area contributed by atoms with Crippen LogP contribution in [-0.2, 0) is 27.2 Å². The van der Waals surface area contributed by atoms with E-state index < -0.39 is 35.1 Å². The van der Waals surface area contributed by atoms with E-state index in [1.165, 1.54) is 9.13 Å². The smallest absolute Gasteiger partial charge is 0.327 e. The Hall–Kier alpha value is -7.21. The number of hydrogen-bond donors (Lipinski definition) is 2. The van der Waals surface area contributed by atoms with E-state index in [9.17, 15) is 14.9 Å². The molecule has 0 bridgehead atoms. The number of anilines is 4. The Labute approximate surface area is 382 Å². The number of likely N-dealkylation sites (tertiary alicyclic amines) is 1. The maximum Gasteiger partial charge on any atom is 0.332 e. The molecule has 8 rings (SSSR count). The van der Waals surface area contributed by atoms with Crippen molar-refractivity contribution >= 4 is 33.9 Å². The second kappa shape index (κ2) is 18.3. The molecule has 0 spiro atoms. The minimum absolute atomic E-state index is 0.0524. The van der Waals surface area contributed by atoms with Gasteiger partial charge in [-0.15, -0.1) is 11.8 Å². The number of aromatic nitrogens is 6. The van der Waals surface area contributed by atoms with Gasteiger partial charge >= 0.3 is 11.4 Å². The second-order valence-electron chi connectivity index (χ2n) is 17.1. The number of benzene rings is 2. The van der Waals surface area contributed by atoms with E-state index in [1.54, 1.807) is 52.2 Å². The van der Waals surface area contributed by atoms with Gasteiger partial charge in [-0.2, -0.15) is 5.26 Å². The van der Waals surface area contributed by atoms with Crippen LogP contribution in [0.5, 0.6) is 0 Å². The second-order valence-corrected chi connectivity index (χ2v) is 17.1. The molecule has 66 heavy (non-hydrogen) atoms. The Morgan fingerprint density at radius 2 is 1.45 bits per heavy atom. The van der Waals surface area contributed by atoms with E-state index in [-0.39, 0.29) is 67.1 Å². The highest BCUT2D eigenvalue weighted by atomic mass is 16.2. The van der Waals surface area contributed by atoms with Crippen molar-refractivity contribution in [2.24, 2.45) is 25.6 Å². The normalized spacial score (nSPS) is 18.5. The fraction of sp³-hybridized carbons (Fsp3) is 0.426. The molecule has 4 atom stereocenters. The van der Waals surface area contributed by atoms with Gasteiger partial charge in [0.2, 0.25) is 0 Å². The van der Waals surface area contributed by atoms with Crippen LogP contribution < -0.4 is 53.8 Å². The first-order chi connectivity index (χ1) is 31.7. The van der Waals surface area contributed by atoms with E-state index in [1.807, 2.05) is 69.9 Å². The zero-order chi connectivity index (χ0) is 47.1. The molecule has 0 amide bonds. The number of hydrazine groups is 1. The van der Waals surface area contributed by atoms with Crippen molar-refractivity contribution in [1.29, 1.82) is 5.26 Å². The number of nitriles is 1. The maximum atomic E-state index is 15.4. The molecule has 19 heteroatoms. The highest BCUT2D eigenvalue weighted by Crippen LogP contribution is 2.46. The molecule has 19 nitrogen and oxygen atoms in total. The Kier molecular flexibility index (Phi) is 12.6. The summed E-state index contributed by atoms with van der Waals surface area (Å²) in [5, 5.41) is 14.5. The summed E-state index contributed by atoms with van der Waals surface area (Å²) in [5.41, 5.74) is 13.3. The first kappa shape index (κ1) is 45.4. The third kappa shape index (κ3) is 7.77. The number of likely N-dealkylation sites (N-methyl/N-ethyl adjacent to an activating group) is 1. The zero-order valence-electron chi connectivity index (χ0n) is 38.4. The van der Waals surface area contributed by atoms with Crippen LogP contribution in [0.2, 0.25) is 0 Å². The van der Waals surface area contributed by atoms with Gasteiger partial charge in [-0.3, -0.25) is 37.7 Å². The van der Waals surface area contributed by atoms with Crippen molar-refractivity contribution in [3.05, 3.63) is 113 Å². The van der Waals surface area contributed by atoms with Crippen LogP contribution in [-0.4, -0.2) is 102 Å². The van der Waals surface area contributed by atoms with Crippen LogP contribution in [0.4, 0.5) is 23.0 Å².